The Hall–Kier alpha value is -3.31. The van der Waals surface area contributed by atoms with Crippen LogP contribution in [0.15, 0.2) is 76.7 Å². The lowest BCUT2D eigenvalue weighted by Crippen LogP contribution is -2.39. The number of carbonyl (C=O) groups is 1. The number of nitrogens with zero attached hydrogens (tertiary/aromatic N) is 3. The lowest BCUT2D eigenvalue weighted by Gasteiger charge is -2.22. The molecule has 0 saturated carbocycles. The molecule has 0 spiro atoms. The molecule has 0 saturated heterocycles. The van der Waals surface area contributed by atoms with Gasteiger partial charge in [-0.15, -0.1) is 0 Å². The van der Waals surface area contributed by atoms with E-state index in [0.717, 1.165) is 9.87 Å². The van der Waals surface area contributed by atoms with Crippen LogP contribution in [0.25, 0.3) is 0 Å². The molecule has 0 unspecified atom stereocenters. The number of hydrazone groups is 1. The molecule has 182 valence electrons. The number of nitrogens with one attached hydrogen (secondary N) is 1. The number of nitro groups is 1. The first-order valence-electron chi connectivity index (χ1n) is 10.1. The van der Waals surface area contributed by atoms with Crippen molar-refractivity contribution in [1.82, 2.24) is 9.73 Å². The monoisotopic (exact) mass is 534 g/mol. The third-order valence-electron chi connectivity index (χ3n) is 4.82. The smallest absolute Gasteiger partial charge is 0.270 e. The first-order chi connectivity index (χ1) is 16.6. The zero-order valence-electron chi connectivity index (χ0n) is 18.4. The molecular formula is C23H20Cl2N4O5S. The summed E-state index contributed by atoms with van der Waals surface area (Å²) < 4.78 is 27.6. The van der Waals surface area contributed by atoms with Gasteiger partial charge in [-0.25, -0.2) is 13.8 Å². The van der Waals surface area contributed by atoms with Gasteiger partial charge >= 0.3 is 0 Å². The van der Waals surface area contributed by atoms with E-state index in [1.165, 1.54) is 42.6 Å². The van der Waals surface area contributed by atoms with Gasteiger partial charge in [-0.1, -0.05) is 59.1 Å². The van der Waals surface area contributed by atoms with Crippen LogP contribution in [0.5, 0.6) is 0 Å². The predicted molar refractivity (Wildman–Crippen MR) is 134 cm³/mol. The van der Waals surface area contributed by atoms with Gasteiger partial charge in [0.15, 0.2) is 0 Å². The number of amides is 1. The number of halogens is 2. The Morgan fingerprint density at radius 1 is 1.11 bits per heavy atom. The molecule has 0 bridgehead atoms. The van der Waals surface area contributed by atoms with Crippen molar-refractivity contribution in [2.24, 2.45) is 5.10 Å². The first-order valence-corrected chi connectivity index (χ1v) is 12.3. The molecule has 0 fully saturated rings. The Balaban J connectivity index is 1.81. The molecular weight excluding hydrogens is 515 g/mol. The van der Waals surface area contributed by atoms with Gasteiger partial charge in [-0.2, -0.15) is 9.41 Å². The third-order valence-corrected chi connectivity index (χ3v) is 7.22. The number of carbonyl (C=O) groups excluding carboxylic acids is 1. The van der Waals surface area contributed by atoms with Crippen LogP contribution in [-0.4, -0.2) is 36.3 Å². The molecule has 0 aliphatic carbocycles. The highest BCUT2D eigenvalue weighted by atomic mass is 35.5. The Bertz CT molecular complexity index is 1380. The summed E-state index contributed by atoms with van der Waals surface area (Å²) in [6.45, 7) is 1.09. The summed E-state index contributed by atoms with van der Waals surface area (Å²) in [6.07, 6.45) is 1.22. The van der Waals surface area contributed by atoms with Crippen LogP contribution >= 0.6 is 23.2 Å². The highest BCUT2D eigenvalue weighted by Gasteiger charge is 2.27. The maximum Gasteiger partial charge on any atom is 0.270 e. The average Bonchev–Trinajstić information content (AvgIpc) is 2.80. The van der Waals surface area contributed by atoms with Crippen LogP contribution in [0.4, 0.5) is 5.69 Å². The van der Waals surface area contributed by atoms with Crippen molar-refractivity contribution in [3.63, 3.8) is 0 Å². The van der Waals surface area contributed by atoms with E-state index in [9.17, 15) is 23.3 Å². The van der Waals surface area contributed by atoms with Crippen LogP contribution in [0.2, 0.25) is 10.0 Å². The zero-order valence-corrected chi connectivity index (χ0v) is 20.7. The summed E-state index contributed by atoms with van der Waals surface area (Å²) >= 11 is 12.2. The Morgan fingerprint density at radius 2 is 1.83 bits per heavy atom. The highest BCUT2D eigenvalue weighted by Crippen LogP contribution is 2.25. The second kappa shape index (κ2) is 11.4. The van der Waals surface area contributed by atoms with E-state index in [-0.39, 0.29) is 22.2 Å². The lowest BCUT2D eigenvalue weighted by atomic mass is 10.2. The molecule has 0 heterocycles. The van der Waals surface area contributed by atoms with Gasteiger partial charge in [0.2, 0.25) is 10.0 Å². The number of sulfonamides is 1. The molecule has 1 amide bonds. The van der Waals surface area contributed by atoms with Crippen molar-refractivity contribution in [3.05, 3.63) is 104 Å². The summed E-state index contributed by atoms with van der Waals surface area (Å²) in [5, 5.41) is 15.3. The van der Waals surface area contributed by atoms with Crippen LogP contribution in [0, 0.1) is 17.0 Å². The van der Waals surface area contributed by atoms with Crippen molar-refractivity contribution in [2.75, 3.05) is 6.54 Å². The quantitative estimate of drug-likeness (QED) is 0.245. The first kappa shape index (κ1) is 26.3. The molecule has 3 rings (SSSR count). The molecule has 0 radical (unpaired) electrons. The van der Waals surface area contributed by atoms with E-state index in [1.807, 2.05) is 6.92 Å². The van der Waals surface area contributed by atoms with Crippen molar-refractivity contribution < 1.29 is 18.1 Å². The minimum atomic E-state index is -4.08. The van der Waals surface area contributed by atoms with Crippen molar-refractivity contribution in [1.29, 1.82) is 0 Å². The van der Waals surface area contributed by atoms with Crippen LogP contribution < -0.4 is 5.43 Å². The van der Waals surface area contributed by atoms with Gasteiger partial charge in [0, 0.05) is 34.3 Å². The summed E-state index contributed by atoms with van der Waals surface area (Å²) in [4.78, 5) is 22.9. The number of benzene rings is 3. The van der Waals surface area contributed by atoms with Crippen molar-refractivity contribution in [3.8, 4) is 0 Å². The number of hydrogen-bond donors (Lipinski definition) is 1. The maximum atomic E-state index is 13.3. The van der Waals surface area contributed by atoms with E-state index >= 15 is 0 Å². The Labute approximate surface area is 212 Å². The highest BCUT2D eigenvalue weighted by molar-refractivity contribution is 7.89. The zero-order chi connectivity index (χ0) is 25.6. The minimum Gasteiger partial charge on any atom is -0.272 e. The van der Waals surface area contributed by atoms with Gasteiger partial charge in [-0.05, 0) is 36.8 Å². The fraction of sp³-hybridized carbons (Fsp3) is 0.130. The summed E-state index contributed by atoms with van der Waals surface area (Å²) in [5.74, 6) is -0.715. The number of aryl methyl sites for hydroxylation is 1. The molecule has 1 N–H and O–H groups in total. The Morgan fingerprint density at radius 3 is 2.49 bits per heavy atom. The van der Waals surface area contributed by atoms with E-state index in [2.05, 4.69) is 10.5 Å². The number of non-ortho nitro benzene ring substituents is 1. The topological polar surface area (TPSA) is 122 Å². The van der Waals surface area contributed by atoms with Crippen LogP contribution in [0.1, 0.15) is 16.7 Å². The van der Waals surface area contributed by atoms with Crippen LogP contribution in [-0.2, 0) is 21.4 Å². The van der Waals surface area contributed by atoms with Crippen molar-refractivity contribution >= 4 is 51.0 Å². The summed E-state index contributed by atoms with van der Waals surface area (Å²) in [7, 11) is -4.08. The molecule has 0 aliphatic heterocycles. The third kappa shape index (κ3) is 7.09. The van der Waals surface area contributed by atoms with Crippen molar-refractivity contribution in [2.45, 2.75) is 18.4 Å². The van der Waals surface area contributed by atoms with E-state index in [1.54, 1.807) is 30.3 Å². The normalized spacial score (nSPS) is 11.7. The minimum absolute atomic E-state index is 0.0149. The molecule has 3 aromatic carbocycles. The number of nitro benzene ring substituents is 1. The maximum absolute atomic E-state index is 13.3. The van der Waals surface area contributed by atoms with E-state index < -0.39 is 27.4 Å². The molecule has 35 heavy (non-hydrogen) atoms. The van der Waals surface area contributed by atoms with E-state index in [0.29, 0.717) is 16.1 Å². The van der Waals surface area contributed by atoms with Gasteiger partial charge in [0.1, 0.15) is 0 Å². The van der Waals surface area contributed by atoms with E-state index in [4.69, 9.17) is 23.2 Å². The van der Waals surface area contributed by atoms with Gasteiger partial charge in [0.25, 0.3) is 11.6 Å². The second-order valence-corrected chi connectivity index (χ2v) is 10.2. The molecule has 0 aliphatic rings. The molecule has 0 atom stereocenters. The van der Waals surface area contributed by atoms with Crippen LogP contribution in [0.3, 0.4) is 0 Å². The lowest BCUT2D eigenvalue weighted by molar-refractivity contribution is -0.384. The summed E-state index contributed by atoms with van der Waals surface area (Å²) in [6, 6.07) is 16.5. The fourth-order valence-corrected chi connectivity index (χ4v) is 4.86. The van der Waals surface area contributed by atoms with Gasteiger partial charge < -0.3 is 0 Å². The SMILES string of the molecule is Cc1ccc(S(=O)(=O)N(CC(=O)N/N=C\c2cccc([N+](=O)[O-])c2)Cc2ccc(Cl)cc2Cl)cc1. The fourth-order valence-electron chi connectivity index (χ4n) is 3.02. The predicted octanol–water partition coefficient (Wildman–Crippen LogP) is 4.55. The molecule has 12 heteroatoms. The number of rotatable bonds is 9. The Kier molecular flexibility index (Phi) is 8.57. The summed E-state index contributed by atoms with van der Waals surface area (Å²) in [5.41, 5.74) is 3.85. The molecule has 0 aromatic heterocycles. The average molecular weight is 535 g/mol. The second-order valence-electron chi connectivity index (χ2n) is 7.47. The molecule has 9 nitrogen and oxygen atoms in total. The molecule has 3 aromatic rings. The number of hydrogen-bond acceptors (Lipinski definition) is 6. The largest absolute Gasteiger partial charge is 0.272 e. The van der Waals surface area contributed by atoms with Gasteiger partial charge in [-0.3, -0.25) is 14.9 Å². The standard InChI is InChI=1S/C23H20Cl2N4O5S/c1-16-5-9-21(10-6-16)35(33,34)28(14-18-7-8-19(24)12-22(18)25)15-23(30)27-26-13-17-3-2-4-20(11-17)29(31)32/h2-13H,14-15H2,1H3,(H,27,30)/b26-13-. The van der Waals surface area contributed by atoms with Gasteiger partial charge in [0.05, 0.1) is 22.6 Å².